The molecule has 0 N–H and O–H groups in total. The van der Waals surface area contributed by atoms with Crippen LogP contribution in [0.3, 0.4) is 0 Å². The SMILES string of the molecule is CC1C=CCC1(F)F. The second-order valence-corrected chi connectivity index (χ2v) is 2.18. The highest BCUT2D eigenvalue weighted by atomic mass is 19.3. The van der Waals surface area contributed by atoms with Gasteiger partial charge in [-0.05, 0) is 0 Å². The van der Waals surface area contributed by atoms with Gasteiger partial charge in [-0.25, -0.2) is 8.78 Å². The van der Waals surface area contributed by atoms with Crippen molar-refractivity contribution >= 4 is 0 Å². The molecule has 0 spiro atoms. The van der Waals surface area contributed by atoms with E-state index < -0.39 is 11.8 Å². The van der Waals surface area contributed by atoms with Crippen LogP contribution in [0.2, 0.25) is 0 Å². The van der Waals surface area contributed by atoms with Gasteiger partial charge in [-0.1, -0.05) is 19.1 Å². The molecule has 1 unspecified atom stereocenters. The van der Waals surface area contributed by atoms with E-state index >= 15 is 0 Å². The number of alkyl halides is 2. The third-order valence-electron chi connectivity index (χ3n) is 1.48. The standard InChI is InChI=1S/C6H8F2/c1-5-3-2-4-6(5,7)8/h2-3,5H,4H2,1H3. The van der Waals surface area contributed by atoms with Gasteiger partial charge in [-0.15, -0.1) is 0 Å². The van der Waals surface area contributed by atoms with Crippen molar-refractivity contribution in [2.45, 2.75) is 19.3 Å². The molecule has 8 heavy (non-hydrogen) atoms. The molecule has 0 aromatic heterocycles. The maximum atomic E-state index is 12.3. The number of allylic oxidation sites excluding steroid dienone is 2. The smallest absolute Gasteiger partial charge is 0.206 e. The zero-order valence-electron chi connectivity index (χ0n) is 4.70. The molecule has 0 nitrogen and oxygen atoms in total. The third kappa shape index (κ3) is 0.746. The van der Waals surface area contributed by atoms with Crippen molar-refractivity contribution in [1.82, 2.24) is 0 Å². The Morgan fingerprint density at radius 3 is 2.38 bits per heavy atom. The van der Waals surface area contributed by atoms with E-state index in [2.05, 4.69) is 0 Å². The van der Waals surface area contributed by atoms with E-state index in [-0.39, 0.29) is 6.42 Å². The molecule has 46 valence electrons. The summed E-state index contributed by atoms with van der Waals surface area (Å²) in [5.74, 6) is -3.01. The summed E-state index contributed by atoms with van der Waals surface area (Å²) in [5.41, 5.74) is 0. The maximum absolute atomic E-state index is 12.3. The fourth-order valence-corrected chi connectivity index (χ4v) is 0.756. The molecule has 1 aliphatic rings. The minimum atomic E-state index is -2.46. The van der Waals surface area contributed by atoms with Crippen LogP contribution in [0, 0.1) is 5.92 Å². The van der Waals surface area contributed by atoms with Crippen molar-refractivity contribution in [3.63, 3.8) is 0 Å². The molecule has 0 fully saturated rings. The highest BCUT2D eigenvalue weighted by molar-refractivity contribution is 5.03. The minimum Gasteiger partial charge on any atom is -0.206 e. The van der Waals surface area contributed by atoms with Crippen LogP contribution in [0.4, 0.5) is 8.78 Å². The zero-order valence-corrected chi connectivity index (χ0v) is 4.70. The largest absolute Gasteiger partial charge is 0.257 e. The van der Waals surface area contributed by atoms with E-state index in [1.165, 1.54) is 13.0 Å². The van der Waals surface area contributed by atoms with Gasteiger partial charge >= 0.3 is 0 Å². The van der Waals surface area contributed by atoms with Crippen LogP contribution in [0.15, 0.2) is 12.2 Å². The molecule has 0 heterocycles. The first-order valence-corrected chi connectivity index (χ1v) is 2.67. The van der Waals surface area contributed by atoms with Gasteiger partial charge in [0.25, 0.3) is 5.92 Å². The molecule has 0 amide bonds. The number of rotatable bonds is 0. The van der Waals surface area contributed by atoms with Crippen molar-refractivity contribution in [2.24, 2.45) is 5.92 Å². The first kappa shape index (κ1) is 5.73. The van der Waals surface area contributed by atoms with E-state index in [9.17, 15) is 8.78 Å². The van der Waals surface area contributed by atoms with Crippen LogP contribution in [-0.2, 0) is 0 Å². The van der Waals surface area contributed by atoms with Crippen LogP contribution < -0.4 is 0 Å². The first-order valence-electron chi connectivity index (χ1n) is 2.67. The van der Waals surface area contributed by atoms with Crippen molar-refractivity contribution in [1.29, 1.82) is 0 Å². The second kappa shape index (κ2) is 1.54. The summed E-state index contributed by atoms with van der Waals surface area (Å²) >= 11 is 0. The lowest BCUT2D eigenvalue weighted by atomic mass is 10.1. The third-order valence-corrected chi connectivity index (χ3v) is 1.48. The lowest BCUT2D eigenvalue weighted by molar-refractivity contribution is -0.0215. The number of hydrogen-bond acceptors (Lipinski definition) is 0. The summed E-state index contributed by atoms with van der Waals surface area (Å²) in [7, 11) is 0. The van der Waals surface area contributed by atoms with E-state index in [1.807, 2.05) is 0 Å². The predicted molar refractivity (Wildman–Crippen MR) is 27.9 cm³/mol. The fraction of sp³-hybridized carbons (Fsp3) is 0.667. The Labute approximate surface area is 47.2 Å². The molecule has 1 rings (SSSR count). The number of halogens is 2. The summed E-state index contributed by atoms with van der Waals surface area (Å²) in [6, 6.07) is 0. The minimum absolute atomic E-state index is 0.0752. The van der Waals surface area contributed by atoms with Gasteiger partial charge in [0.15, 0.2) is 0 Å². The summed E-state index contributed by atoms with van der Waals surface area (Å²) in [4.78, 5) is 0. The Morgan fingerprint density at radius 1 is 1.62 bits per heavy atom. The highest BCUT2D eigenvalue weighted by Crippen LogP contribution is 2.34. The topological polar surface area (TPSA) is 0 Å². The van der Waals surface area contributed by atoms with Crippen molar-refractivity contribution in [2.75, 3.05) is 0 Å². The molecular formula is C6H8F2. The Balaban J connectivity index is 2.64. The van der Waals surface area contributed by atoms with Crippen molar-refractivity contribution in [3.05, 3.63) is 12.2 Å². The normalized spacial score (nSPS) is 33.6. The summed E-state index contributed by atoms with van der Waals surface area (Å²) < 4.78 is 24.6. The molecule has 0 aromatic rings. The summed E-state index contributed by atoms with van der Waals surface area (Å²) in [6.07, 6.45) is 3.01. The van der Waals surface area contributed by atoms with Gasteiger partial charge < -0.3 is 0 Å². The first-order chi connectivity index (χ1) is 3.63. The number of hydrogen-bond donors (Lipinski definition) is 0. The van der Waals surface area contributed by atoms with Crippen LogP contribution >= 0.6 is 0 Å². The fourth-order valence-electron chi connectivity index (χ4n) is 0.756. The van der Waals surface area contributed by atoms with Crippen LogP contribution in [-0.4, -0.2) is 5.92 Å². The van der Waals surface area contributed by atoms with E-state index in [0.717, 1.165) is 0 Å². The van der Waals surface area contributed by atoms with Crippen molar-refractivity contribution < 1.29 is 8.78 Å². The maximum Gasteiger partial charge on any atom is 0.257 e. The molecule has 1 atom stereocenters. The van der Waals surface area contributed by atoms with Gasteiger partial charge in [0.1, 0.15) is 0 Å². The van der Waals surface area contributed by atoms with Gasteiger partial charge in [-0.3, -0.25) is 0 Å². The van der Waals surface area contributed by atoms with Crippen LogP contribution in [0.5, 0.6) is 0 Å². The lowest BCUT2D eigenvalue weighted by Gasteiger charge is -2.12. The average Bonchev–Trinajstić information content (AvgIpc) is 1.86. The molecule has 1 aliphatic carbocycles. The summed E-state index contributed by atoms with van der Waals surface area (Å²) in [5, 5.41) is 0. The molecule has 2 heteroatoms. The van der Waals surface area contributed by atoms with Gasteiger partial charge in [-0.2, -0.15) is 0 Å². The monoisotopic (exact) mass is 118 g/mol. The van der Waals surface area contributed by atoms with Crippen LogP contribution in [0.25, 0.3) is 0 Å². The van der Waals surface area contributed by atoms with Crippen LogP contribution in [0.1, 0.15) is 13.3 Å². The molecular weight excluding hydrogens is 110 g/mol. The molecule has 0 saturated carbocycles. The van der Waals surface area contributed by atoms with E-state index in [1.54, 1.807) is 6.08 Å². The molecule has 0 bridgehead atoms. The Kier molecular flexibility index (Phi) is 1.10. The zero-order chi connectivity index (χ0) is 6.20. The van der Waals surface area contributed by atoms with Gasteiger partial charge in [0, 0.05) is 12.3 Å². The highest BCUT2D eigenvalue weighted by Gasteiger charge is 2.36. The van der Waals surface area contributed by atoms with Crippen molar-refractivity contribution in [3.8, 4) is 0 Å². The Morgan fingerprint density at radius 2 is 2.25 bits per heavy atom. The predicted octanol–water partition coefficient (Wildman–Crippen LogP) is 2.22. The average molecular weight is 118 g/mol. The second-order valence-electron chi connectivity index (χ2n) is 2.18. The Hall–Kier alpha value is -0.400. The van der Waals surface area contributed by atoms with E-state index in [0.29, 0.717) is 0 Å². The van der Waals surface area contributed by atoms with Gasteiger partial charge in [0.2, 0.25) is 0 Å². The molecule has 0 radical (unpaired) electrons. The van der Waals surface area contributed by atoms with E-state index in [4.69, 9.17) is 0 Å². The molecule has 0 saturated heterocycles. The molecule has 0 aromatic carbocycles. The van der Waals surface area contributed by atoms with Gasteiger partial charge in [0.05, 0.1) is 0 Å². The Bertz CT molecular complexity index is 116. The molecule has 0 aliphatic heterocycles. The quantitative estimate of drug-likeness (QED) is 0.428. The summed E-state index contributed by atoms with van der Waals surface area (Å²) in [6.45, 7) is 1.53. The lowest BCUT2D eigenvalue weighted by Crippen LogP contribution is -2.18.